The Bertz CT molecular complexity index is 157. The van der Waals surface area contributed by atoms with E-state index >= 15 is 0 Å². The highest BCUT2D eigenvalue weighted by Gasteiger charge is 2.45. The molecule has 0 aromatic rings. The van der Waals surface area contributed by atoms with Gasteiger partial charge in [0.2, 0.25) is 0 Å². The molecule has 0 saturated carbocycles. The topological polar surface area (TPSA) is 21.7 Å². The summed E-state index contributed by atoms with van der Waals surface area (Å²) in [6.07, 6.45) is 1.15. The number of nitrogens with zero attached hydrogens (tertiary/aromatic N) is 1. The molecular formula is C7H14NO2P. The average molecular weight is 175 g/mol. The Balaban J connectivity index is 2.12. The Morgan fingerprint density at radius 1 is 1.45 bits per heavy atom. The van der Waals surface area contributed by atoms with Crippen molar-refractivity contribution in [2.75, 3.05) is 26.8 Å². The highest BCUT2D eigenvalue weighted by Crippen LogP contribution is 2.55. The van der Waals surface area contributed by atoms with E-state index in [1.807, 2.05) is 0 Å². The second-order valence-corrected chi connectivity index (χ2v) is 5.13. The minimum Gasteiger partial charge on any atom is -0.321 e. The summed E-state index contributed by atoms with van der Waals surface area (Å²) in [5, 5.41) is 0. The lowest BCUT2D eigenvalue weighted by molar-refractivity contribution is -0.0291. The van der Waals surface area contributed by atoms with Gasteiger partial charge in [-0.2, -0.15) is 0 Å². The van der Waals surface area contributed by atoms with Crippen LogP contribution < -0.4 is 0 Å². The van der Waals surface area contributed by atoms with Crippen LogP contribution in [0.4, 0.5) is 0 Å². The molecule has 3 nitrogen and oxygen atoms in total. The van der Waals surface area contributed by atoms with Crippen molar-refractivity contribution in [3.63, 3.8) is 0 Å². The Labute approximate surface area is 68.6 Å². The van der Waals surface area contributed by atoms with Gasteiger partial charge in [-0.15, -0.1) is 0 Å². The zero-order valence-corrected chi connectivity index (χ0v) is 7.93. The van der Waals surface area contributed by atoms with E-state index in [9.17, 15) is 0 Å². The van der Waals surface area contributed by atoms with Crippen molar-refractivity contribution >= 4 is 8.53 Å². The predicted octanol–water partition coefficient (Wildman–Crippen LogP) is 1.60. The van der Waals surface area contributed by atoms with Crippen molar-refractivity contribution in [3.8, 4) is 0 Å². The van der Waals surface area contributed by atoms with Crippen LogP contribution in [0, 0.1) is 5.41 Å². The van der Waals surface area contributed by atoms with Gasteiger partial charge in [-0.25, -0.2) is 4.67 Å². The fraction of sp³-hybridized carbons (Fsp3) is 1.00. The summed E-state index contributed by atoms with van der Waals surface area (Å²) in [5.41, 5.74) is 0.297. The molecule has 0 aromatic carbocycles. The van der Waals surface area contributed by atoms with E-state index in [0.29, 0.717) is 5.41 Å². The van der Waals surface area contributed by atoms with Crippen LogP contribution in [0.5, 0.6) is 0 Å². The van der Waals surface area contributed by atoms with Crippen molar-refractivity contribution in [1.29, 1.82) is 0 Å². The third-order valence-electron chi connectivity index (χ3n) is 2.56. The summed E-state index contributed by atoms with van der Waals surface area (Å²) < 4.78 is 13.3. The molecule has 0 unspecified atom stereocenters. The zero-order chi connectivity index (χ0) is 7.90. The van der Waals surface area contributed by atoms with Crippen LogP contribution in [0.15, 0.2) is 0 Å². The first-order valence-electron chi connectivity index (χ1n) is 4.03. The maximum absolute atomic E-state index is 5.55. The van der Waals surface area contributed by atoms with E-state index in [2.05, 4.69) is 18.6 Å². The van der Waals surface area contributed by atoms with Gasteiger partial charge in [0.25, 0.3) is 8.53 Å². The van der Waals surface area contributed by atoms with Gasteiger partial charge in [-0.05, 0) is 13.5 Å². The minimum atomic E-state index is -0.669. The molecule has 0 aromatic heterocycles. The van der Waals surface area contributed by atoms with E-state index < -0.39 is 8.53 Å². The molecule has 0 atom stereocenters. The molecule has 11 heavy (non-hydrogen) atoms. The largest absolute Gasteiger partial charge is 0.321 e. The van der Waals surface area contributed by atoms with Crippen LogP contribution in [-0.2, 0) is 9.05 Å². The summed E-state index contributed by atoms with van der Waals surface area (Å²) in [6.45, 7) is 5.16. The predicted molar refractivity (Wildman–Crippen MR) is 44.2 cm³/mol. The van der Waals surface area contributed by atoms with Crippen LogP contribution in [-0.4, -0.2) is 31.5 Å². The molecule has 4 heteroatoms. The molecule has 64 valence electrons. The van der Waals surface area contributed by atoms with Gasteiger partial charge in [0.05, 0.1) is 13.2 Å². The second-order valence-electron chi connectivity index (χ2n) is 3.45. The van der Waals surface area contributed by atoms with E-state index in [1.165, 1.54) is 0 Å². The molecule has 0 radical (unpaired) electrons. The standard InChI is InChI=1S/C7H14NO2P/c1-3-7-4-8(2)11(9-5-7)10-6-7/h3-6H2,1-2H3. The fourth-order valence-corrected chi connectivity index (χ4v) is 3.26. The Hall–Kier alpha value is 0.310. The summed E-state index contributed by atoms with van der Waals surface area (Å²) >= 11 is 0. The van der Waals surface area contributed by atoms with Gasteiger partial charge in [0.15, 0.2) is 0 Å². The summed E-state index contributed by atoms with van der Waals surface area (Å²) in [7, 11) is 1.41. The number of fused-ring (bicyclic) bond motifs is 3. The molecule has 3 fully saturated rings. The highest BCUT2D eigenvalue weighted by atomic mass is 31.2. The SMILES string of the molecule is CCC12COP(OC1)N(C)C2. The van der Waals surface area contributed by atoms with Crippen molar-refractivity contribution in [2.45, 2.75) is 13.3 Å². The fourth-order valence-electron chi connectivity index (χ4n) is 1.61. The Morgan fingerprint density at radius 2 is 2.09 bits per heavy atom. The van der Waals surface area contributed by atoms with E-state index in [0.717, 1.165) is 26.2 Å². The van der Waals surface area contributed by atoms with Gasteiger partial charge in [0, 0.05) is 12.0 Å². The average Bonchev–Trinajstić information content (AvgIpc) is 2.06. The number of rotatable bonds is 1. The summed E-state index contributed by atoms with van der Waals surface area (Å²) in [4.78, 5) is 0. The zero-order valence-electron chi connectivity index (χ0n) is 7.04. The third-order valence-corrected chi connectivity index (χ3v) is 3.95. The third kappa shape index (κ3) is 1.20. The lowest BCUT2D eigenvalue weighted by atomic mass is 9.87. The second kappa shape index (κ2) is 2.67. The smallest absolute Gasteiger partial charge is 0.258 e. The van der Waals surface area contributed by atoms with Crippen molar-refractivity contribution in [1.82, 2.24) is 4.67 Å². The molecule has 0 amide bonds. The number of hydrogen-bond donors (Lipinski definition) is 0. The Kier molecular flexibility index (Phi) is 1.92. The van der Waals surface area contributed by atoms with Crippen molar-refractivity contribution in [2.24, 2.45) is 5.41 Å². The van der Waals surface area contributed by atoms with Crippen LogP contribution >= 0.6 is 8.53 Å². The van der Waals surface area contributed by atoms with Crippen molar-refractivity contribution in [3.05, 3.63) is 0 Å². The Morgan fingerprint density at radius 3 is 2.45 bits per heavy atom. The summed E-state index contributed by atoms with van der Waals surface area (Å²) in [6, 6.07) is 0. The lowest BCUT2D eigenvalue weighted by Gasteiger charge is -2.49. The van der Waals surface area contributed by atoms with Crippen molar-refractivity contribution < 1.29 is 9.05 Å². The molecule has 3 rings (SSSR count). The van der Waals surface area contributed by atoms with Gasteiger partial charge < -0.3 is 9.05 Å². The van der Waals surface area contributed by atoms with E-state index in [4.69, 9.17) is 9.05 Å². The monoisotopic (exact) mass is 175 g/mol. The first-order valence-corrected chi connectivity index (χ1v) is 5.16. The normalized spacial score (nSPS) is 44.7. The molecule has 3 heterocycles. The van der Waals surface area contributed by atoms with Gasteiger partial charge in [0.1, 0.15) is 0 Å². The highest BCUT2D eigenvalue weighted by molar-refractivity contribution is 7.44. The minimum absolute atomic E-state index is 0.297. The maximum Gasteiger partial charge on any atom is 0.258 e. The first-order chi connectivity index (χ1) is 5.26. The molecule has 0 spiro atoms. The van der Waals surface area contributed by atoms with E-state index in [1.54, 1.807) is 0 Å². The lowest BCUT2D eigenvalue weighted by Crippen LogP contribution is -2.49. The van der Waals surface area contributed by atoms with Crippen LogP contribution in [0.1, 0.15) is 13.3 Å². The van der Waals surface area contributed by atoms with E-state index in [-0.39, 0.29) is 0 Å². The molecule has 3 aliphatic rings. The van der Waals surface area contributed by atoms with Crippen LogP contribution in [0.25, 0.3) is 0 Å². The summed E-state index contributed by atoms with van der Waals surface area (Å²) in [5.74, 6) is 0. The molecule has 3 saturated heterocycles. The molecule has 2 bridgehead atoms. The van der Waals surface area contributed by atoms with Crippen LogP contribution in [0.2, 0.25) is 0 Å². The first kappa shape index (κ1) is 7.93. The maximum atomic E-state index is 5.55. The quantitative estimate of drug-likeness (QED) is 0.565. The molecular weight excluding hydrogens is 161 g/mol. The molecule has 3 aliphatic heterocycles. The van der Waals surface area contributed by atoms with Gasteiger partial charge >= 0.3 is 0 Å². The molecule has 0 aliphatic carbocycles. The van der Waals surface area contributed by atoms with Crippen LogP contribution in [0.3, 0.4) is 0 Å². The molecule has 0 N–H and O–H groups in total. The van der Waals surface area contributed by atoms with Gasteiger partial charge in [-0.3, -0.25) is 0 Å². The van der Waals surface area contributed by atoms with Gasteiger partial charge in [-0.1, -0.05) is 6.92 Å². The number of hydrogen-bond acceptors (Lipinski definition) is 3.